The van der Waals surface area contributed by atoms with E-state index < -0.39 is 11.9 Å². The maximum atomic E-state index is 12.1. The molecule has 0 aliphatic rings. The Morgan fingerprint density at radius 3 is 2.55 bits per heavy atom. The molecule has 4 rings (SSSR count). The van der Waals surface area contributed by atoms with Crippen LogP contribution in [0.25, 0.3) is 27.9 Å². The number of methoxy groups -OCH3 is 1. The van der Waals surface area contributed by atoms with E-state index >= 15 is 0 Å². The lowest BCUT2D eigenvalue weighted by molar-refractivity contribution is 0.0698. The number of aromatic nitrogens is 3. The fourth-order valence-electron chi connectivity index (χ4n) is 3.36. The van der Waals surface area contributed by atoms with Gasteiger partial charge in [0.05, 0.1) is 23.9 Å². The van der Waals surface area contributed by atoms with Gasteiger partial charge >= 0.3 is 5.97 Å². The van der Waals surface area contributed by atoms with Crippen molar-refractivity contribution in [1.82, 2.24) is 14.5 Å². The molecule has 0 atom stereocenters. The smallest absolute Gasteiger partial charge is 0.337 e. The van der Waals surface area contributed by atoms with Gasteiger partial charge in [0.2, 0.25) is 0 Å². The van der Waals surface area contributed by atoms with Crippen molar-refractivity contribution in [2.75, 3.05) is 12.8 Å². The summed E-state index contributed by atoms with van der Waals surface area (Å²) in [4.78, 5) is 32.8. The van der Waals surface area contributed by atoms with Crippen LogP contribution in [-0.2, 0) is 0 Å². The number of aryl methyl sites for hydroxylation is 1. The summed E-state index contributed by atoms with van der Waals surface area (Å²) in [7, 11) is 1.53. The van der Waals surface area contributed by atoms with Crippen LogP contribution in [0.1, 0.15) is 26.3 Å². The van der Waals surface area contributed by atoms with Crippen LogP contribution >= 0.6 is 0 Å². The molecule has 2 heterocycles. The molecule has 2 aromatic carbocycles. The zero-order valence-electron chi connectivity index (χ0n) is 15.6. The largest absolute Gasteiger partial charge is 0.497 e. The number of aromatic carboxylic acids is 1. The first kappa shape index (κ1) is 18.2. The average Bonchev–Trinajstić information content (AvgIpc) is 2.97. The summed E-state index contributed by atoms with van der Waals surface area (Å²) in [6, 6.07) is 9.98. The molecular formula is C20H17N5O4. The molecule has 0 bridgehead atoms. The molecule has 146 valence electrons. The summed E-state index contributed by atoms with van der Waals surface area (Å²) in [6.45, 7) is 1.86. The first-order chi connectivity index (χ1) is 13.8. The minimum Gasteiger partial charge on any atom is -0.497 e. The van der Waals surface area contributed by atoms with Crippen LogP contribution in [0.2, 0.25) is 0 Å². The Morgan fingerprint density at radius 1 is 1.14 bits per heavy atom. The molecule has 0 saturated heterocycles. The molecule has 9 nitrogen and oxygen atoms in total. The first-order valence-corrected chi connectivity index (χ1v) is 8.62. The van der Waals surface area contributed by atoms with Crippen molar-refractivity contribution < 1.29 is 19.4 Å². The Balaban J connectivity index is 2.20. The molecular weight excluding hydrogens is 374 g/mol. The summed E-state index contributed by atoms with van der Waals surface area (Å²) in [5.41, 5.74) is 14.3. The lowest BCUT2D eigenvalue weighted by atomic mass is 10.1. The van der Waals surface area contributed by atoms with Crippen molar-refractivity contribution >= 4 is 39.9 Å². The molecule has 0 spiro atoms. The van der Waals surface area contributed by atoms with Gasteiger partial charge in [0, 0.05) is 6.07 Å². The zero-order valence-corrected chi connectivity index (χ0v) is 15.6. The van der Waals surface area contributed by atoms with Gasteiger partial charge in [0.1, 0.15) is 28.2 Å². The Morgan fingerprint density at radius 2 is 1.90 bits per heavy atom. The lowest BCUT2D eigenvalue weighted by Crippen LogP contribution is -2.14. The van der Waals surface area contributed by atoms with Gasteiger partial charge in [-0.2, -0.15) is 0 Å². The molecule has 0 aliphatic heterocycles. The molecule has 29 heavy (non-hydrogen) atoms. The standard InChI is InChI=1S/C20H17N5O4/c1-9-6-7-10(29-2)8-13(9)25-17(21)14(18(22)26)16-19(25)24-15-11(20(27)28)4-3-5-12(15)23-16/h3-8H,21H2,1-2H3,(H2,22,26)(H,27,28). The van der Waals surface area contributed by atoms with E-state index in [2.05, 4.69) is 9.97 Å². The van der Waals surface area contributed by atoms with E-state index in [-0.39, 0.29) is 33.6 Å². The van der Waals surface area contributed by atoms with Crippen molar-refractivity contribution in [1.29, 1.82) is 0 Å². The molecule has 0 fully saturated rings. The summed E-state index contributed by atoms with van der Waals surface area (Å²) >= 11 is 0. The topological polar surface area (TPSA) is 146 Å². The molecule has 4 aromatic rings. The number of carboxylic acids is 1. The van der Waals surface area contributed by atoms with Crippen molar-refractivity contribution in [3.8, 4) is 11.4 Å². The van der Waals surface area contributed by atoms with Gasteiger partial charge in [-0.05, 0) is 30.7 Å². The second kappa shape index (κ2) is 6.48. The normalized spacial score (nSPS) is 11.1. The number of hydrogen-bond acceptors (Lipinski definition) is 6. The number of nitrogens with two attached hydrogens (primary N) is 2. The van der Waals surface area contributed by atoms with Crippen molar-refractivity contribution in [2.45, 2.75) is 6.92 Å². The highest BCUT2D eigenvalue weighted by Crippen LogP contribution is 2.33. The van der Waals surface area contributed by atoms with E-state index in [1.165, 1.54) is 13.2 Å². The van der Waals surface area contributed by atoms with E-state index in [4.69, 9.17) is 16.2 Å². The predicted octanol–water partition coefficient (Wildman–Crippen LogP) is 2.27. The number of carbonyl (C=O) groups is 2. The maximum Gasteiger partial charge on any atom is 0.337 e. The number of carbonyl (C=O) groups excluding carboxylic acids is 1. The SMILES string of the molecule is COc1ccc(C)c(-n2c(N)c(C(N)=O)c3nc4cccc(C(=O)O)c4nc32)c1. The van der Waals surface area contributed by atoms with Gasteiger partial charge in [-0.3, -0.25) is 9.36 Å². The number of hydrogen-bond donors (Lipinski definition) is 3. The van der Waals surface area contributed by atoms with E-state index in [1.807, 2.05) is 13.0 Å². The Hall–Kier alpha value is -4.14. The Bertz CT molecular complexity index is 1330. The fourth-order valence-corrected chi connectivity index (χ4v) is 3.36. The molecule has 0 aliphatic carbocycles. The van der Waals surface area contributed by atoms with E-state index in [0.29, 0.717) is 17.0 Å². The zero-order chi connectivity index (χ0) is 20.9. The molecule has 0 unspecified atom stereocenters. The third-order valence-corrected chi connectivity index (χ3v) is 4.76. The number of nitrogens with zero attached hydrogens (tertiary/aromatic N) is 3. The number of benzene rings is 2. The quantitative estimate of drug-likeness (QED) is 0.483. The monoisotopic (exact) mass is 391 g/mol. The summed E-state index contributed by atoms with van der Waals surface area (Å²) in [5.74, 6) is -1.25. The number of rotatable bonds is 4. The van der Waals surface area contributed by atoms with Crippen LogP contribution in [-0.4, -0.2) is 38.6 Å². The minimum absolute atomic E-state index is 0.00814. The van der Waals surface area contributed by atoms with Gasteiger partial charge < -0.3 is 21.3 Å². The van der Waals surface area contributed by atoms with Gasteiger partial charge in [-0.25, -0.2) is 14.8 Å². The third kappa shape index (κ3) is 2.71. The summed E-state index contributed by atoms with van der Waals surface area (Å²) in [5, 5.41) is 9.51. The highest BCUT2D eigenvalue weighted by atomic mass is 16.5. The molecule has 0 saturated carbocycles. The third-order valence-electron chi connectivity index (χ3n) is 4.76. The van der Waals surface area contributed by atoms with Crippen LogP contribution in [0, 0.1) is 6.92 Å². The second-order valence-corrected chi connectivity index (χ2v) is 6.49. The Kier molecular flexibility index (Phi) is 4.08. The van der Waals surface area contributed by atoms with E-state index in [9.17, 15) is 14.7 Å². The van der Waals surface area contributed by atoms with Crippen molar-refractivity contribution in [3.63, 3.8) is 0 Å². The fraction of sp³-hybridized carbons (Fsp3) is 0.100. The van der Waals surface area contributed by atoms with Crippen LogP contribution < -0.4 is 16.2 Å². The summed E-state index contributed by atoms with van der Waals surface area (Å²) in [6.07, 6.45) is 0. The van der Waals surface area contributed by atoms with Crippen molar-refractivity contribution in [2.24, 2.45) is 5.73 Å². The van der Waals surface area contributed by atoms with Crippen LogP contribution in [0.4, 0.5) is 5.82 Å². The molecule has 0 radical (unpaired) electrons. The lowest BCUT2D eigenvalue weighted by Gasteiger charge is -2.12. The number of carboxylic acid groups (broad SMARTS) is 1. The molecule has 2 aromatic heterocycles. The summed E-state index contributed by atoms with van der Waals surface area (Å²) < 4.78 is 6.84. The number of primary amides is 1. The number of amides is 1. The van der Waals surface area contributed by atoms with Crippen LogP contribution in [0.5, 0.6) is 5.75 Å². The van der Waals surface area contributed by atoms with E-state index in [1.54, 1.807) is 28.8 Å². The minimum atomic E-state index is -1.14. The van der Waals surface area contributed by atoms with Gasteiger partial charge in [0.25, 0.3) is 5.91 Å². The number of anilines is 1. The van der Waals surface area contributed by atoms with Crippen molar-refractivity contribution in [3.05, 3.63) is 53.1 Å². The molecule has 1 amide bonds. The van der Waals surface area contributed by atoms with Crippen LogP contribution in [0.3, 0.4) is 0 Å². The number of nitrogen functional groups attached to an aromatic ring is 1. The highest BCUT2D eigenvalue weighted by molar-refractivity contribution is 6.11. The molecule has 5 N–H and O–H groups in total. The second-order valence-electron chi connectivity index (χ2n) is 6.49. The van der Waals surface area contributed by atoms with Gasteiger partial charge in [-0.15, -0.1) is 0 Å². The van der Waals surface area contributed by atoms with Gasteiger partial charge in [0.15, 0.2) is 5.65 Å². The van der Waals surface area contributed by atoms with E-state index in [0.717, 1.165) is 5.56 Å². The number of para-hydroxylation sites is 1. The first-order valence-electron chi connectivity index (χ1n) is 8.62. The Labute approximate surface area is 164 Å². The van der Waals surface area contributed by atoms with Gasteiger partial charge in [-0.1, -0.05) is 12.1 Å². The van der Waals surface area contributed by atoms with Crippen LogP contribution in [0.15, 0.2) is 36.4 Å². The molecule has 9 heteroatoms. The predicted molar refractivity (Wildman–Crippen MR) is 108 cm³/mol. The highest BCUT2D eigenvalue weighted by Gasteiger charge is 2.25. The number of ether oxygens (including phenoxy) is 1. The number of fused-ring (bicyclic) bond motifs is 2. The average molecular weight is 391 g/mol. The maximum absolute atomic E-state index is 12.1.